The zero-order valence-corrected chi connectivity index (χ0v) is 15.4. The van der Waals surface area contributed by atoms with Crippen molar-refractivity contribution in [1.29, 1.82) is 0 Å². The van der Waals surface area contributed by atoms with Crippen LogP contribution in [0.1, 0.15) is 11.1 Å². The number of hydrogen-bond acceptors (Lipinski definition) is 4. The fraction of sp³-hybridized carbons (Fsp3) is 0.158. The summed E-state index contributed by atoms with van der Waals surface area (Å²) < 4.78 is 13.6. The van der Waals surface area contributed by atoms with Gasteiger partial charge in [0.05, 0.1) is 5.69 Å². The van der Waals surface area contributed by atoms with Crippen molar-refractivity contribution in [1.82, 2.24) is 4.98 Å². The minimum Gasteiger partial charge on any atom is -0.480 e. The molecule has 134 valence electrons. The van der Waals surface area contributed by atoms with Gasteiger partial charge in [0, 0.05) is 22.4 Å². The van der Waals surface area contributed by atoms with Crippen molar-refractivity contribution in [2.24, 2.45) is 0 Å². The van der Waals surface area contributed by atoms with E-state index >= 15 is 0 Å². The summed E-state index contributed by atoms with van der Waals surface area (Å²) in [5, 5.41) is 15.3. The van der Waals surface area contributed by atoms with E-state index < -0.39 is 12.0 Å². The largest absolute Gasteiger partial charge is 0.480 e. The lowest BCUT2D eigenvalue weighted by atomic mass is 10.1. The molecule has 0 saturated heterocycles. The number of carbonyl (C=O) groups is 1. The fourth-order valence-electron chi connectivity index (χ4n) is 2.56. The Kier molecular flexibility index (Phi) is 5.54. The molecule has 0 radical (unpaired) electrons. The lowest BCUT2D eigenvalue weighted by molar-refractivity contribution is -0.137. The molecule has 0 fully saturated rings. The van der Waals surface area contributed by atoms with E-state index in [-0.39, 0.29) is 5.82 Å². The average molecular weight is 391 g/mol. The van der Waals surface area contributed by atoms with Crippen LogP contribution in [0.15, 0.2) is 47.8 Å². The molecule has 1 heterocycles. The molecular weight excluding hydrogens is 375 g/mol. The molecule has 1 unspecified atom stereocenters. The Morgan fingerprint density at radius 2 is 2.04 bits per heavy atom. The van der Waals surface area contributed by atoms with Crippen LogP contribution in [0.3, 0.4) is 0 Å². The first-order valence-electron chi connectivity index (χ1n) is 7.87. The molecule has 0 saturated carbocycles. The van der Waals surface area contributed by atoms with Crippen LogP contribution in [0.2, 0.25) is 5.02 Å². The Balaban J connectivity index is 1.76. The van der Waals surface area contributed by atoms with Crippen LogP contribution in [-0.2, 0) is 11.2 Å². The number of thiazole rings is 1. The Morgan fingerprint density at radius 3 is 2.69 bits per heavy atom. The highest BCUT2D eigenvalue weighted by molar-refractivity contribution is 7.14. The number of anilines is 1. The summed E-state index contributed by atoms with van der Waals surface area (Å²) in [7, 11) is 0. The number of halogens is 2. The Labute approximate surface area is 159 Å². The van der Waals surface area contributed by atoms with E-state index in [0.717, 1.165) is 11.1 Å². The van der Waals surface area contributed by atoms with Crippen LogP contribution in [-0.4, -0.2) is 22.1 Å². The van der Waals surface area contributed by atoms with Crippen molar-refractivity contribution < 1.29 is 14.3 Å². The molecule has 1 atom stereocenters. The number of carboxylic acids is 1. The van der Waals surface area contributed by atoms with Crippen LogP contribution in [0, 0.1) is 12.7 Å². The van der Waals surface area contributed by atoms with Crippen molar-refractivity contribution in [2.45, 2.75) is 19.4 Å². The van der Waals surface area contributed by atoms with E-state index in [1.165, 1.54) is 23.5 Å². The van der Waals surface area contributed by atoms with Crippen molar-refractivity contribution in [2.75, 3.05) is 5.32 Å². The topological polar surface area (TPSA) is 62.2 Å². The van der Waals surface area contributed by atoms with Crippen LogP contribution in [0.25, 0.3) is 11.3 Å². The summed E-state index contributed by atoms with van der Waals surface area (Å²) in [5.74, 6) is -1.30. The van der Waals surface area contributed by atoms with Gasteiger partial charge < -0.3 is 10.4 Å². The number of carboxylic acid groups (broad SMARTS) is 1. The van der Waals surface area contributed by atoms with Crippen molar-refractivity contribution >= 4 is 34.0 Å². The van der Waals surface area contributed by atoms with Crippen LogP contribution in [0.4, 0.5) is 9.52 Å². The maximum atomic E-state index is 13.6. The maximum absolute atomic E-state index is 13.6. The number of aryl methyl sites for hydroxylation is 1. The van der Waals surface area contributed by atoms with Crippen molar-refractivity contribution in [3.8, 4) is 11.3 Å². The van der Waals surface area contributed by atoms with Gasteiger partial charge in [-0.2, -0.15) is 0 Å². The van der Waals surface area contributed by atoms with Crippen molar-refractivity contribution in [3.63, 3.8) is 0 Å². The van der Waals surface area contributed by atoms with Gasteiger partial charge in [0.1, 0.15) is 11.9 Å². The molecule has 0 aliphatic heterocycles. The molecule has 2 N–H and O–H groups in total. The third-order valence-electron chi connectivity index (χ3n) is 3.79. The second kappa shape index (κ2) is 7.85. The quantitative estimate of drug-likeness (QED) is 0.620. The molecule has 1 aromatic heterocycles. The molecule has 7 heteroatoms. The smallest absolute Gasteiger partial charge is 0.326 e. The average Bonchev–Trinajstić information content (AvgIpc) is 3.04. The number of aliphatic carboxylic acids is 1. The molecule has 0 bridgehead atoms. The minimum absolute atomic E-state index is 0.292. The first-order chi connectivity index (χ1) is 12.4. The molecular formula is C19H16ClFN2O2S. The lowest BCUT2D eigenvalue weighted by Gasteiger charge is -2.13. The SMILES string of the molecule is Cc1cc(F)cc(-c2csc(NC(Cc3ccc(Cl)cc3)C(=O)O)n2)c1. The van der Waals surface area contributed by atoms with Gasteiger partial charge in [0.15, 0.2) is 5.13 Å². The summed E-state index contributed by atoms with van der Waals surface area (Å²) >= 11 is 7.14. The van der Waals surface area contributed by atoms with Gasteiger partial charge in [-0.25, -0.2) is 14.2 Å². The van der Waals surface area contributed by atoms with E-state index in [2.05, 4.69) is 10.3 Å². The molecule has 0 aliphatic rings. The molecule has 3 rings (SSSR count). The molecule has 0 spiro atoms. The molecule has 3 aromatic rings. The Morgan fingerprint density at radius 1 is 1.31 bits per heavy atom. The van der Waals surface area contributed by atoms with Crippen LogP contribution >= 0.6 is 22.9 Å². The van der Waals surface area contributed by atoms with Gasteiger partial charge >= 0.3 is 5.97 Å². The highest BCUT2D eigenvalue weighted by Crippen LogP contribution is 2.27. The summed E-state index contributed by atoms with van der Waals surface area (Å²) in [6.45, 7) is 1.81. The van der Waals surface area contributed by atoms with E-state index in [1.54, 1.807) is 29.6 Å². The summed E-state index contributed by atoms with van der Waals surface area (Å²) in [5.41, 5.74) is 2.92. The fourth-order valence-corrected chi connectivity index (χ4v) is 3.46. The number of hydrogen-bond donors (Lipinski definition) is 2. The lowest BCUT2D eigenvalue weighted by Crippen LogP contribution is -2.31. The summed E-state index contributed by atoms with van der Waals surface area (Å²) in [4.78, 5) is 16.0. The number of benzene rings is 2. The van der Waals surface area contributed by atoms with Gasteiger partial charge in [-0.3, -0.25) is 0 Å². The maximum Gasteiger partial charge on any atom is 0.326 e. The number of nitrogens with one attached hydrogen (secondary N) is 1. The van der Waals surface area contributed by atoms with Gasteiger partial charge in [0.2, 0.25) is 0 Å². The van der Waals surface area contributed by atoms with Gasteiger partial charge in [-0.1, -0.05) is 23.7 Å². The van der Waals surface area contributed by atoms with Crippen LogP contribution in [0.5, 0.6) is 0 Å². The number of nitrogens with zero attached hydrogens (tertiary/aromatic N) is 1. The first-order valence-corrected chi connectivity index (χ1v) is 9.13. The zero-order chi connectivity index (χ0) is 18.7. The van der Waals surface area contributed by atoms with E-state index in [1.807, 2.05) is 13.0 Å². The Hall–Kier alpha value is -2.44. The predicted octanol–water partition coefficient (Wildman–Crippen LogP) is 5.02. The highest BCUT2D eigenvalue weighted by atomic mass is 35.5. The molecule has 0 amide bonds. The van der Waals surface area contributed by atoms with Crippen molar-refractivity contribution in [3.05, 3.63) is 69.8 Å². The van der Waals surface area contributed by atoms with Gasteiger partial charge in [-0.05, 0) is 48.4 Å². The molecule has 26 heavy (non-hydrogen) atoms. The zero-order valence-electron chi connectivity index (χ0n) is 13.9. The van der Waals surface area contributed by atoms with E-state index in [0.29, 0.717) is 27.8 Å². The second-order valence-electron chi connectivity index (χ2n) is 5.92. The minimum atomic E-state index is -0.974. The van der Waals surface area contributed by atoms with Crippen LogP contribution < -0.4 is 5.32 Å². The summed E-state index contributed by atoms with van der Waals surface area (Å²) in [6.07, 6.45) is 0.292. The first kappa shape index (κ1) is 18.4. The third kappa shape index (κ3) is 4.59. The monoisotopic (exact) mass is 390 g/mol. The summed E-state index contributed by atoms with van der Waals surface area (Å²) in [6, 6.07) is 10.9. The van der Waals surface area contributed by atoms with Gasteiger partial charge in [-0.15, -0.1) is 11.3 Å². The van der Waals surface area contributed by atoms with Gasteiger partial charge in [0.25, 0.3) is 0 Å². The predicted molar refractivity (Wildman–Crippen MR) is 102 cm³/mol. The molecule has 4 nitrogen and oxygen atoms in total. The second-order valence-corrected chi connectivity index (χ2v) is 7.22. The highest BCUT2D eigenvalue weighted by Gasteiger charge is 2.19. The molecule has 0 aliphatic carbocycles. The molecule has 2 aromatic carbocycles. The number of rotatable bonds is 6. The third-order valence-corrected chi connectivity index (χ3v) is 4.82. The number of aromatic nitrogens is 1. The Bertz CT molecular complexity index is 907. The normalized spacial score (nSPS) is 12.0. The van der Waals surface area contributed by atoms with E-state index in [4.69, 9.17) is 11.6 Å². The van der Waals surface area contributed by atoms with E-state index in [9.17, 15) is 14.3 Å². The standard InChI is InChI=1S/C19H16ClFN2O2S/c1-11-6-13(9-15(21)7-11)17-10-26-19(23-17)22-16(18(24)25)8-12-2-4-14(20)5-3-12/h2-7,9-10,16H,8H2,1H3,(H,22,23)(H,24,25).